The van der Waals surface area contributed by atoms with Gasteiger partial charge < -0.3 is 16.0 Å². The summed E-state index contributed by atoms with van der Waals surface area (Å²) >= 11 is 0. The average molecular weight is 314 g/mol. The molecule has 0 spiro atoms. The summed E-state index contributed by atoms with van der Waals surface area (Å²) in [6, 6.07) is 3.08. The number of amides is 2. The van der Waals surface area contributed by atoms with Crippen LogP contribution in [0.3, 0.4) is 0 Å². The second-order valence-corrected chi connectivity index (χ2v) is 6.65. The average Bonchev–Trinajstić information content (AvgIpc) is 2.38. The van der Waals surface area contributed by atoms with E-state index in [1.807, 2.05) is 0 Å². The fourth-order valence-corrected chi connectivity index (χ4v) is 3.37. The molecule has 0 saturated heterocycles. The van der Waals surface area contributed by atoms with Gasteiger partial charge >= 0.3 is 6.03 Å². The highest BCUT2D eigenvalue weighted by atomic mass is 32.2. The van der Waals surface area contributed by atoms with Crippen LogP contribution in [0.4, 0.5) is 10.5 Å². The molecule has 0 saturated carbocycles. The Morgan fingerprint density at radius 3 is 2.43 bits per heavy atom. The topological polar surface area (TPSA) is 105 Å². The number of sulfonamides is 1. The van der Waals surface area contributed by atoms with Crippen molar-refractivity contribution in [2.75, 3.05) is 32.9 Å². The van der Waals surface area contributed by atoms with Gasteiger partial charge in [-0.15, -0.1) is 0 Å². The van der Waals surface area contributed by atoms with Crippen molar-refractivity contribution in [3.05, 3.63) is 23.3 Å². The van der Waals surface area contributed by atoms with Crippen molar-refractivity contribution in [2.24, 2.45) is 0 Å². The monoisotopic (exact) mass is 314 g/mol. The Hall–Kier alpha value is -1.80. The normalized spacial score (nSPS) is 11.2. The molecule has 118 valence electrons. The number of benzene rings is 1. The summed E-state index contributed by atoms with van der Waals surface area (Å²) in [6.07, 6.45) is 0. The Labute approximate surface area is 125 Å². The molecule has 21 heavy (non-hydrogen) atoms. The van der Waals surface area contributed by atoms with E-state index in [-0.39, 0.29) is 24.0 Å². The highest BCUT2D eigenvalue weighted by molar-refractivity contribution is 7.89. The smallest absolute Gasteiger partial charge is 0.316 e. The largest absolute Gasteiger partial charge is 0.398 e. The first-order valence-corrected chi connectivity index (χ1v) is 7.95. The number of carbonyl (C=O) groups excluding carboxylic acids is 1. The molecule has 1 rings (SSSR count). The molecule has 0 bridgehead atoms. The second-order valence-electron chi connectivity index (χ2n) is 4.95. The van der Waals surface area contributed by atoms with E-state index in [0.717, 1.165) is 0 Å². The van der Waals surface area contributed by atoms with Gasteiger partial charge in [-0.3, -0.25) is 0 Å². The van der Waals surface area contributed by atoms with Crippen LogP contribution in [-0.2, 0) is 10.0 Å². The lowest BCUT2D eigenvalue weighted by atomic mass is 10.1. The summed E-state index contributed by atoms with van der Waals surface area (Å²) in [6.45, 7) is 3.70. The van der Waals surface area contributed by atoms with Crippen molar-refractivity contribution >= 4 is 21.7 Å². The minimum Gasteiger partial charge on any atom is -0.398 e. The zero-order chi connectivity index (χ0) is 16.2. The van der Waals surface area contributed by atoms with E-state index in [2.05, 4.69) is 10.0 Å². The van der Waals surface area contributed by atoms with Crippen LogP contribution < -0.4 is 15.8 Å². The minimum absolute atomic E-state index is 0.107. The van der Waals surface area contributed by atoms with Crippen molar-refractivity contribution < 1.29 is 13.2 Å². The molecule has 0 unspecified atom stereocenters. The van der Waals surface area contributed by atoms with Gasteiger partial charge in [-0.05, 0) is 31.0 Å². The second kappa shape index (κ2) is 6.77. The van der Waals surface area contributed by atoms with Gasteiger partial charge in [-0.25, -0.2) is 17.9 Å². The third-order valence-corrected chi connectivity index (χ3v) is 4.76. The SMILES string of the molecule is Cc1ccc(N)c(C)c1S(=O)(=O)NCCNC(=O)N(C)C. The third kappa shape index (κ3) is 4.33. The highest BCUT2D eigenvalue weighted by Gasteiger charge is 2.20. The molecule has 8 heteroatoms. The van der Waals surface area contributed by atoms with Gasteiger partial charge in [-0.1, -0.05) is 6.07 Å². The number of hydrogen-bond acceptors (Lipinski definition) is 4. The van der Waals surface area contributed by atoms with Crippen LogP contribution in [0.25, 0.3) is 0 Å². The van der Waals surface area contributed by atoms with Crippen LogP contribution in [0.15, 0.2) is 17.0 Å². The standard InChI is InChI=1S/C13H22N4O3S/c1-9-5-6-11(14)10(2)12(9)21(19,20)16-8-7-15-13(18)17(3)4/h5-6,16H,7-8,14H2,1-4H3,(H,15,18). The molecule has 4 N–H and O–H groups in total. The molecule has 1 aromatic rings. The first-order valence-electron chi connectivity index (χ1n) is 6.47. The predicted molar refractivity (Wildman–Crippen MR) is 82.6 cm³/mol. The summed E-state index contributed by atoms with van der Waals surface area (Å²) in [7, 11) is -0.437. The molecule has 2 amide bonds. The Kier molecular flexibility index (Phi) is 5.56. The molecule has 0 aliphatic carbocycles. The lowest BCUT2D eigenvalue weighted by Gasteiger charge is -2.15. The highest BCUT2D eigenvalue weighted by Crippen LogP contribution is 2.24. The molecule has 7 nitrogen and oxygen atoms in total. The number of carbonyl (C=O) groups is 1. The summed E-state index contributed by atoms with van der Waals surface area (Å²) in [5.74, 6) is 0. The molecule has 0 heterocycles. The molecule has 0 radical (unpaired) electrons. The van der Waals surface area contributed by atoms with Gasteiger partial charge in [0.1, 0.15) is 0 Å². The van der Waals surface area contributed by atoms with Gasteiger partial charge in [0, 0.05) is 32.9 Å². The molecule has 1 aromatic carbocycles. The number of rotatable bonds is 5. The van der Waals surface area contributed by atoms with Gasteiger partial charge in [0.15, 0.2) is 0 Å². The van der Waals surface area contributed by atoms with E-state index in [1.165, 1.54) is 4.90 Å². The molecule has 0 aliphatic heterocycles. The van der Waals surface area contributed by atoms with Crippen LogP contribution >= 0.6 is 0 Å². The fourth-order valence-electron chi connectivity index (χ4n) is 1.84. The number of nitrogen functional groups attached to an aromatic ring is 1. The predicted octanol–water partition coefficient (Wildman–Crippen LogP) is 0.435. The Morgan fingerprint density at radius 1 is 1.24 bits per heavy atom. The van der Waals surface area contributed by atoms with Gasteiger partial charge in [0.2, 0.25) is 10.0 Å². The quantitative estimate of drug-likeness (QED) is 0.541. The van der Waals surface area contributed by atoms with Crippen molar-refractivity contribution in [1.82, 2.24) is 14.9 Å². The Bertz CT molecular complexity index is 627. The minimum atomic E-state index is -3.66. The summed E-state index contributed by atoms with van der Waals surface area (Å²) in [5, 5.41) is 2.58. The van der Waals surface area contributed by atoms with Gasteiger partial charge in [0.25, 0.3) is 0 Å². The van der Waals surface area contributed by atoms with Crippen molar-refractivity contribution in [1.29, 1.82) is 0 Å². The van der Waals surface area contributed by atoms with E-state index >= 15 is 0 Å². The fraction of sp³-hybridized carbons (Fsp3) is 0.462. The summed E-state index contributed by atoms with van der Waals surface area (Å²) < 4.78 is 27.1. The molecular weight excluding hydrogens is 292 g/mol. The third-order valence-electron chi connectivity index (χ3n) is 3.01. The lowest BCUT2D eigenvalue weighted by molar-refractivity contribution is 0.217. The van der Waals surface area contributed by atoms with Crippen LogP contribution in [0.5, 0.6) is 0 Å². The van der Waals surface area contributed by atoms with Crippen LogP contribution in [0, 0.1) is 13.8 Å². The van der Waals surface area contributed by atoms with E-state index in [0.29, 0.717) is 16.8 Å². The van der Waals surface area contributed by atoms with Crippen molar-refractivity contribution in [3.8, 4) is 0 Å². The maximum absolute atomic E-state index is 12.3. The van der Waals surface area contributed by atoms with Crippen LogP contribution in [0.2, 0.25) is 0 Å². The van der Waals surface area contributed by atoms with Crippen LogP contribution in [0.1, 0.15) is 11.1 Å². The van der Waals surface area contributed by atoms with Crippen LogP contribution in [-0.4, -0.2) is 46.5 Å². The first kappa shape index (κ1) is 17.3. The van der Waals surface area contributed by atoms with E-state index in [4.69, 9.17) is 5.73 Å². The Balaban J connectivity index is 2.76. The van der Waals surface area contributed by atoms with Crippen molar-refractivity contribution in [3.63, 3.8) is 0 Å². The molecule has 0 fully saturated rings. The first-order chi connectivity index (χ1) is 9.66. The number of aryl methyl sites for hydroxylation is 1. The number of hydrogen-bond donors (Lipinski definition) is 3. The zero-order valence-corrected chi connectivity index (χ0v) is 13.5. The maximum Gasteiger partial charge on any atom is 0.316 e. The van der Waals surface area contributed by atoms with E-state index in [9.17, 15) is 13.2 Å². The molecule has 0 aromatic heterocycles. The maximum atomic E-state index is 12.3. The zero-order valence-electron chi connectivity index (χ0n) is 12.7. The number of nitrogens with zero attached hydrogens (tertiary/aromatic N) is 1. The molecule has 0 atom stereocenters. The molecule has 0 aliphatic rings. The Morgan fingerprint density at radius 2 is 1.86 bits per heavy atom. The van der Waals surface area contributed by atoms with Gasteiger partial charge in [0.05, 0.1) is 4.90 Å². The number of nitrogens with two attached hydrogens (primary N) is 1. The van der Waals surface area contributed by atoms with Gasteiger partial charge in [-0.2, -0.15) is 0 Å². The summed E-state index contributed by atoms with van der Waals surface area (Å²) in [4.78, 5) is 12.9. The number of nitrogens with one attached hydrogen (secondary N) is 2. The van der Waals surface area contributed by atoms with Crippen molar-refractivity contribution in [2.45, 2.75) is 18.7 Å². The summed E-state index contributed by atoms with van der Waals surface area (Å²) in [5.41, 5.74) is 7.35. The van der Waals surface area contributed by atoms with E-state index < -0.39 is 10.0 Å². The number of urea groups is 1. The van der Waals surface area contributed by atoms with E-state index in [1.54, 1.807) is 40.1 Å². The number of anilines is 1. The lowest BCUT2D eigenvalue weighted by Crippen LogP contribution is -2.39. The molecular formula is C13H22N4O3S.